The smallest absolute Gasteiger partial charge is 0.161 e. The molecule has 0 aliphatic heterocycles. The fourth-order valence-corrected chi connectivity index (χ4v) is 2.30. The molecule has 0 aliphatic carbocycles. The van der Waals surface area contributed by atoms with Gasteiger partial charge in [-0.3, -0.25) is 0 Å². The van der Waals surface area contributed by atoms with Crippen molar-refractivity contribution in [2.24, 2.45) is 0 Å². The molecule has 1 heterocycles. The van der Waals surface area contributed by atoms with Crippen LogP contribution in [-0.2, 0) is 11.2 Å². The summed E-state index contributed by atoms with van der Waals surface area (Å²) in [5.41, 5.74) is 7.84. The van der Waals surface area contributed by atoms with Crippen molar-refractivity contribution in [3.8, 4) is 11.3 Å². The number of aromatic nitrogens is 2. The van der Waals surface area contributed by atoms with E-state index in [2.05, 4.69) is 9.97 Å². The van der Waals surface area contributed by atoms with E-state index in [0.29, 0.717) is 17.2 Å². The van der Waals surface area contributed by atoms with Gasteiger partial charge in [-0.15, -0.1) is 0 Å². The third kappa shape index (κ3) is 2.40. The topological polar surface area (TPSA) is 74.9 Å². The largest absolute Gasteiger partial charge is 0.612 e. The Morgan fingerprint density at radius 1 is 1.29 bits per heavy atom. The number of anilines is 1. The average Bonchev–Trinajstić information content (AvgIpc) is 2.32. The summed E-state index contributed by atoms with van der Waals surface area (Å²) in [5.74, 6) is 0.420. The maximum Gasteiger partial charge on any atom is 0.161 e. The monoisotopic (exact) mass is 247 g/mol. The number of benzene rings is 1. The van der Waals surface area contributed by atoms with Gasteiger partial charge in [-0.1, -0.05) is 12.1 Å². The van der Waals surface area contributed by atoms with Crippen LogP contribution in [0.4, 0.5) is 5.82 Å². The molecule has 1 aromatic heterocycles. The van der Waals surface area contributed by atoms with Crippen LogP contribution < -0.4 is 5.73 Å². The maximum absolute atomic E-state index is 11.6. The lowest BCUT2D eigenvalue weighted by Crippen LogP contribution is -2.03. The van der Waals surface area contributed by atoms with E-state index >= 15 is 0 Å². The highest BCUT2D eigenvalue weighted by molar-refractivity contribution is 7.90. The Hall–Kier alpha value is -1.59. The third-order valence-electron chi connectivity index (χ3n) is 2.46. The number of nitrogens with zero attached hydrogens (tertiary/aromatic N) is 2. The van der Waals surface area contributed by atoms with E-state index in [9.17, 15) is 4.55 Å². The second-order valence-electron chi connectivity index (χ2n) is 3.68. The Labute approximate surface area is 103 Å². The predicted octanol–water partition coefficient (Wildman–Crippen LogP) is 1.77. The van der Waals surface area contributed by atoms with Crippen LogP contribution in [-0.4, -0.2) is 20.8 Å². The van der Waals surface area contributed by atoms with Gasteiger partial charge in [-0.05, 0) is 30.2 Å². The molecule has 0 aliphatic rings. The molecule has 2 rings (SSSR count). The highest BCUT2D eigenvalue weighted by Gasteiger charge is 2.14. The van der Waals surface area contributed by atoms with Crippen molar-refractivity contribution >= 4 is 17.0 Å². The quantitative estimate of drug-likeness (QED) is 0.821. The van der Waals surface area contributed by atoms with Gasteiger partial charge in [0, 0.05) is 0 Å². The molecule has 0 amide bonds. The van der Waals surface area contributed by atoms with Crippen molar-refractivity contribution in [1.29, 1.82) is 0 Å². The molecule has 2 aromatic rings. The lowest BCUT2D eigenvalue weighted by atomic mass is 10.1. The van der Waals surface area contributed by atoms with Gasteiger partial charge in [0.1, 0.15) is 12.1 Å². The van der Waals surface area contributed by atoms with Crippen molar-refractivity contribution in [1.82, 2.24) is 9.97 Å². The molecular formula is C12H13N3OS. The Balaban J connectivity index is 2.56. The number of hydrogen-bond acceptors (Lipinski definition) is 4. The average molecular weight is 247 g/mol. The summed E-state index contributed by atoms with van der Waals surface area (Å²) in [5, 5.41) is 0. The minimum absolute atomic E-state index is 0.420. The first-order valence-electron chi connectivity index (χ1n) is 5.11. The minimum atomic E-state index is -1.05. The molecule has 1 aromatic carbocycles. The van der Waals surface area contributed by atoms with Crippen LogP contribution in [0, 0.1) is 6.92 Å². The third-order valence-corrected chi connectivity index (χ3v) is 3.43. The predicted molar refractivity (Wildman–Crippen MR) is 68.9 cm³/mol. The number of aryl methyl sites for hydroxylation is 1. The summed E-state index contributed by atoms with van der Waals surface area (Å²) >= 11 is -1.05. The minimum Gasteiger partial charge on any atom is -0.612 e. The van der Waals surface area contributed by atoms with Crippen LogP contribution >= 0.6 is 0 Å². The SMILES string of the molecule is Cc1nc(-c2ccccc2[S+](C)[O-])cnc1N. The first-order chi connectivity index (χ1) is 8.09. The van der Waals surface area contributed by atoms with Gasteiger partial charge in [0.25, 0.3) is 0 Å². The van der Waals surface area contributed by atoms with E-state index in [-0.39, 0.29) is 0 Å². The second kappa shape index (κ2) is 4.73. The van der Waals surface area contributed by atoms with Crippen molar-refractivity contribution in [2.45, 2.75) is 11.8 Å². The fraction of sp³-hybridized carbons (Fsp3) is 0.167. The lowest BCUT2D eigenvalue weighted by Gasteiger charge is -2.10. The molecule has 1 unspecified atom stereocenters. The molecule has 0 fully saturated rings. The summed E-state index contributed by atoms with van der Waals surface area (Å²) in [6.07, 6.45) is 3.25. The maximum atomic E-state index is 11.6. The molecule has 2 N–H and O–H groups in total. The van der Waals surface area contributed by atoms with Gasteiger partial charge in [-0.2, -0.15) is 0 Å². The zero-order valence-electron chi connectivity index (χ0n) is 9.68. The summed E-state index contributed by atoms with van der Waals surface area (Å²) in [4.78, 5) is 9.19. The fourth-order valence-electron chi connectivity index (χ4n) is 1.55. The molecule has 0 saturated carbocycles. The van der Waals surface area contributed by atoms with E-state index in [4.69, 9.17) is 5.73 Å². The zero-order chi connectivity index (χ0) is 12.4. The van der Waals surface area contributed by atoms with Crippen LogP contribution in [0.15, 0.2) is 35.4 Å². The van der Waals surface area contributed by atoms with E-state index < -0.39 is 11.2 Å². The highest BCUT2D eigenvalue weighted by atomic mass is 32.2. The van der Waals surface area contributed by atoms with Crippen LogP contribution in [0.2, 0.25) is 0 Å². The normalized spacial score (nSPS) is 12.4. The van der Waals surface area contributed by atoms with Gasteiger partial charge in [-0.25, -0.2) is 9.97 Å². The number of rotatable bonds is 2. The van der Waals surface area contributed by atoms with E-state index in [1.807, 2.05) is 24.3 Å². The highest BCUT2D eigenvalue weighted by Crippen LogP contribution is 2.25. The van der Waals surface area contributed by atoms with Crippen molar-refractivity contribution in [3.63, 3.8) is 0 Å². The molecule has 0 radical (unpaired) electrons. The molecular weight excluding hydrogens is 234 g/mol. The molecule has 17 heavy (non-hydrogen) atoms. The van der Waals surface area contributed by atoms with E-state index in [1.165, 1.54) is 0 Å². The molecule has 1 atom stereocenters. The Kier molecular flexibility index (Phi) is 3.31. The summed E-state index contributed by atoms with van der Waals surface area (Å²) in [6, 6.07) is 7.46. The number of hydrogen-bond donors (Lipinski definition) is 1. The standard InChI is InChI=1S/C12H13N3OS/c1-8-12(13)14-7-10(15-8)9-5-3-4-6-11(9)17(2)16/h3-7H,1-2H3,(H2,13,14). The number of nitrogens with two attached hydrogens (primary N) is 1. The lowest BCUT2D eigenvalue weighted by molar-refractivity contribution is 0.601. The molecule has 88 valence electrons. The summed E-state index contributed by atoms with van der Waals surface area (Å²) in [7, 11) is 0. The van der Waals surface area contributed by atoms with Crippen molar-refractivity contribution in [2.75, 3.05) is 12.0 Å². The second-order valence-corrected chi connectivity index (χ2v) is 5.02. The summed E-state index contributed by atoms with van der Waals surface area (Å²) in [6.45, 7) is 1.80. The van der Waals surface area contributed by atoms with Gasteiger partial charge in [0.2, 0.25) is 0 Å². The van der Waals surface area contributed by atoms with E-state index in [0.717, 1.165) is 10.5 Å². The van der Waals surface area contributed by atoms with E-state index in [1.54, 1.807) is 19.4 Å². The first-order valence-corrected chi connectivity index (χ1v) is 6.67. The van der Waals surface area contributed by atoms with Crippen molar-refractivity contribution in [3.05, 3.63) is 36.2 Å². The van der Waals surface area contributed by atoms with Crippen LogP contribution in [0.3, 0.4) is 0 Å². The zero-order valence-corrected chi connectivity index (χ0v) is 10.5. The molecule has 0 spiro atoms. The van der Waals surface area contributed by atoms with Crippen LogP contribution in [0.1, 0.15) is 5.69 Å². The summed E-state index contributed by atoms with van der Waals surface area (Å²) < 4.78 is 11.6. The Morgan fingerprint density at radius 3 is 2.65 bits per heavy atom. The van der Waals surface area contributed by atoms with Crippen molar-refractivity contribution < 1.29 is 4.55 Å². The molecule has 0 saturated heterocycles. The van der Waals surface area contributed by atoms with Gasteiger partial charge < -0.3 is 10.3 Å². The van der Waals surface area contributed by atoms with Crippen LogP contribution in [0.5, 0.6) is 0 Å². The Bertz CT molecular complexity index is 543. The van der Waals surface area contributed by atoms with Crippen LogP contribution in [0.25, 0.3) is 11.3 Å². The van der Waals surface area contributed by atoms with Gasteiger partial charge in [0.05, 0.1) is 23.1 Å². The first kappa shape index (κ1) is 11.9. The molecule has 5 heteroatoms. The number of nitrogen functional groups attached to an aromatic ring is 1. The molecule has 0 bridgehead atoms. The van der Waals surface area contributed by atoms with Gasteiger partial charge >= 0.3 is 0 Å². The van der Waals surface area contributed by atoms with Gasteiger partial charge in [0.15, 0.2) is 4.90 Å². The Morgan fingerprint density at radius 2 is 2.00 bits per heavy atom. The molecule has 4 nitrogen and oxygen atoms in total.